The zero-order chi connectivity index (χ0) is 13.8. The maximum Gasteiger partial charge on any atom is 0.230 e. The predicted molar refractivity (Wildman–Crippen MR) is 81.7 cm³/mol. The summed E-state index contributed by atoms with van der Waals surface area (Å²) < 4.78 is 0.984. The number of thiazole rings is 1. The van der Waals surface area contributed by atoms with Gasteiger partial charge in [0.1, 0.15) is 0 Å². The minimum Gasteiger partial charge on any atom is -0.352 e. The van der Waals surface area contributed by atoms with E-state index in [9.17, 15) is 4.79 Å². The van der Waals surface area contributed by atoms with E-state index >= 15 is 0 Å². The van der Waals surface area contributed by atoms with Gasteiger partial charge in [-0.15, -0.1) is 11.3 Å². The van der Waals surface area contributed by atoms with Gasteiger partial charge in [0.05, 0.1) is 5.75 Å². The first-order valence-electron chi connectivity index (χ1n) is 6.90. The Labute approximate surface area is 123 Å². The Kier molecular flexibility index (Phi) is 5.28. The van der Waals surface area contributed by atoms with Crippen molar-refractivity contribution in [2.75, 3.05) is 5.75 Å². The number of carbonyl (C=O) groups is 1. The maximum absolute atomic E-state index is 12.0. The van der Waals surface area contributed by atoms with Crippen LogP contribution in [0.25, 0.3) is 0 Å². The number of hydrogen-bond donors (Lipinski definition) is 1. The molecule has 1 amide bonds. The summed E-state index contributed by atoms with van der Waals surface area (Å²) in [5, 5.41) is 5.21. The van der Waals surface area contributed by atoms with Gasteiger partial charge in [0.25, 0.3) is 0 Å². The third-order valence-electron chi connectivity index (χ3n) is 3.98. The van der Waals surface area contributed by atoms with Gasteiger partial charge in [-0.05, 0) is 25.2 Å². The van der Waals surface area contributed by atoms with Crippen LogP contribution < -0.4 is 5.32 Å². The summed E-state index contributed by atoms with van der Waals surface area (Å²) in [5.74, 6) is 1.92. The Hall–Kier alpha value is -0.550. The highest BCUT2D eigenvalue weighted by atomic mass is 32.2. The van der Waals surface area contributed by atoms with Crippen molar-refractivity contribution in [2.24, 2.45) is 11.8 Å². The van der Waals surface area contributed by atoms with Crippen LogP contribution in [-0.2, 0) is 4.79 Å². The van der Waals surface area contributed by atoms with Crippen LogP contribution in [0.15, 0.2) is 9.72 Å². The standard InChI is InChI=1S/C14H22N2OS2/c1-9-5-4-6-12(11(9)3)16-13(17)8-19-14-15-10(2)7-18-14/h7,9,11-12H,4-6,8H2,1-3H3,(H,16,17)/t9-,11-,12-/m1/s1. The molecule has 3 atom stereocenters. The molecule has 0 saturated heterocycles. The molecule has 0 spiro atoms. The number of rotatable bonds is 4. The Morgan fingerprint density at radius 2 is 2.32 bits per heavy atom. The van der Waals surface area contributed by atoms with Crippen LogP contribution in [0.5, 0.6) is 0 Å². The third-order valence-corrected chi connectivity index (χ3v) is 6.12. The van der Waals surface area contributed by atoms with E-state index in [1.165, 1.54) is 24.6 Å². The first kappa shape index (κ1) is 14.9. The van der Waals surface area contributed by atoms with E-state index < -0.39 is 0 Å². The monoisotopic (exact) mass is 298 g/mol. The fourth-order valence-corrected chi connectivity index (χ4v) is 4.22. The zero-order valence-electron chi connectivity index (χ0n) is 11.8. The largest absolute Gasteiger partial charge is 0.352 e. The molecule has 1 aliphatic carbocycles. The van der Waals surface area contributed by atoms with Crippen molar-refractivity contribution in [1.29, 1.82) is 0 Å². The van der Waals surface area contributed by atoms with Crippen LogP contribution in [0.2, 0.25) is 0 Å². The van der Waals surface area contributed by atoms with Gasteiger partial charge in [-0.1, -0.05) is 38.5 Å². The van der Waals surface area contributed by atoms with E-state index in [1.54, 1.807) is 11.3 Å². The average molecular weight is 298 g/mol. The Bertz CT molecular complexity index is 433. The molecule has 0 unspecified atom stereocenters. The SMILES string of the molecule is Cc1csc(SCC(=O)N[C@@H]2CCC[C@@H](C)[C@H]2C)n1. The van der Waals surface area contributed by atoms with E-state index in [0.717, 1.165) is 16.5 Å². The van der Waals surface area contributed by atoms with Crippen LogP contribution in [-0.4, -0.2) is 22.7 Å². The third kappa shape index (κ3) is 4.21. The lowest BCUT2D eigenvalue weighted by molar-refractivity contribution is -0.119. The highest BCUT2D eigenvalue weighted by Crippen LogP contribution is 2.29. The lowest BCUT2D eigenvalue weighted by Gasteiger charge is -2.34. The summed E-state index contributed by atoms with van der Waals surface area (Å²) in [4.78, 5) is 16.3. The van der Waals surface area contributed by atoms with E-state index in [1.807, 2.05) is 12.3 Å². The number of nitrogens with one attached hydrogen (secondary N) is 1. The zero-order valence-corrected chi connectivity index (χ0v) is 13.4. The Morgan fingerprint density at radius 1 is 1.53 bits per heavy atom. The van der Waals surface area contributed by atoms with Crippen molar-refractivity contribution in [3.8, 4) is 0 Å². The van der Waals surface area contributed by atoms with E-state index in [4.69, 9.17) is 0 Å². The summed E-state index contributed by atoms with van der Waals surface area (Å²) in [6.45, 7) is 6.52. The normalized spacial score (nSPS) is 27.2. The molecule has 106 valence electrons. The highest BCUT2D eigenvalue weighted by molar-refractivity contribution is 8.01. The first-order chi connectivity index (χ1) is 9.06. The second-order valence-corrected chi connectivity index (χ2v) is 7.57. The maximum atomic E-state index is 12.0. The number of hydrogen-bond acceptors (Lipinski definition) is 4. The molecule has 5 heteroatoms. The molecule has 19 heavy (non-hydrogen) atoms. The molecule has 0 bridgehead atoms. The highest BCUT2D eigenvalue weighted by Gasteiger charge is 2.27. The molecule has 1 saturated carbocycles. The minimum atomic E-state index is 0.142. The minimum absolute atomic E-state index is 0.142. The van der Waals surface area contributed by atoms with Gasteiger partial charge < -0.3 is 5.32 Å². The predicted octanol–water partition coefficient (Wildman–Crippen LogP) is 3.48. The van der Waals surface area contributed by atoms with E-state index in [-0.39, 0.29) is 5.91 Å². The van der Waals surface area contributed by atoms with Crippen LogP contribution in [0.1, 0.15) is 38.8 Å². The van der Waals surface area contributed by atoms with Gasteiger partial charge in [-0.25, -0.2) is 4.98 Å². The summed E-state index contributed by atoms with van der Waals surface area (Å²) >= 11 is 3.15. The lowest BCUT2D eigenvalue weighted by atomic mass is 9.78. The number of amides is 1. The summed E-state index contributed by atoms with van der Waals surface area (Å²) in [5.41, 5.74) is 1.03. The molecule has 1 aromatic rings. The van der Waals surface area contributed by atoms with Crippen LogP contribution in [0.3, 0.4) is 0 Å². The molecule has 1 N–H and O–H groups in total. The van der Waals surface area contributed by atoms with Gasteiger partial charge in [0, 0.05) is 17.1 Å². The molecule has 0 aliphatic heterocycles. The lowest BCUT2D eigenvalue weighted by Crippen LogP contribution is -2.44. The van der Waals surface area contributed by atoms with Crippen LogP contribution >= 0.6 is 23.1 Å². The van der Waals surface area contributed by atoms with Crippen molar-refractivity contribution < 1.29 is 4.79 Å². The van der Waals surface area contributed by atoms with Gasteiger partial charge in [-0.2, -0.15) is 0 Å². The Balaban J connectivity index is 1.77. The molecule has 0 aromatic carbocycles. The number of carbonyl (C=O) groups excluding carboxylic acids is 1. The van der Waals surface area contributed by atoms with Gasteiger partial charge in [0.2, 0.25) is 5.91 Å². The van der Waals surface area contributed by atoms with Crippen molar-refractivity contribution in [1.82, 2.24) is 10.3 Å². The van der Waals surface area contributed by atoms with Gasteiger partial charge >= 0.3 is 0 Å². The molecule has 1 aliphatic rings. The molecule has 1 aromatic heterocycles. The fraction of sp³-hybridized carbons (Fsp3) is 0.714. The second-order valence-electron chi connectivity index (χ2n) is 5.48. The number of aromatic nitrogens is 1. The van der Waals surface area contributed by atoms with Crippen molar-refractivity contribution in [3.63, 3.8) is 0 Å². The summed E-state index contributed by atoms with van der Waals surface area (Å²) in [6.07, 6.45) is 3.65. The van der Waals surface area contributed by atoms with Crippen molar-refractivity contribution in [3.05, 3.63) is 11.1 Å². The van der Waals surface area contributed by atoms with Gasteiger partial charge in [-0.3, -0.25) is 4.79 Å². The van der Waals surface area contributed by atoms with Crippen LogP contribution in [0, 0.1) is 18.8 Å². The molecular weight excluding hydrogens is 276 g/mol. The summed E-state index contributed by atoms with van der Waals surface area (Å²) in [7, 11) is 0. The van der Waals surface area contributed by atoms with Gasteiger partial charge in [0.15, 0.2) is 4.34 Å². The fourth-order valence-electron chi connectivity index (χ4n) is 2.56. The summed E-state index contributed by atoms with van der Waals surface area (Å²) in [6, 6.07) is 0.356. The van der Waals surface area contributed by atoms with Crippen LogP contribution in [0.4, 0.5) is 0 Å². The molecular formula is C14H22N2OS2. The quantitative estimate of drug-likeness (QED) is 0.865. The average Bonchev–Trinajstić information content (AvgIpc) is 2.78. The molecule has 1 fully saturated rings. The first-order valence-corrected chi connectivity index (χ1v) is 8.77. The smallest absolute Gasteiger partial charge is 0.230 e. The van der Waals surface area contributed by atoms with E-state index in [0.29, 0.717) is 23.6 Å². The molecule has 1 heterocycles. The van der Waals surface area contributed by atoms with E-state index in [2.05, 4.69) is 24.1 Å². The van der Waals surface area contributed by atoms with Crippen molar-refractivity contribution in [2.45, 2.75) is 50.4 Å². The molecule has 0 radical (unpaired) electrons. The number of thioether (sulfide) groups is 1. The molecule has 3 nitrogen and oxygen atoms in total. The Morgan fingerprint density at radius 3 is 3.00 bits per heavy atom. The van der Waals surface area contributed by atoms with Crippen molar-refractivity contribution >= 4 is 29.0 Å². The number of aryl methyl sites for hydroxylation is 1. The molecule has 2 rings (SSSR count). The number of nitrogens with zero attached hydrogens (tertiary/aromatic N) is 1. The topological polar surface area (TPSA) is 42.0 Å². The second kappa shape index (κ2) is 6.75.